The van der Waals surface area contributed by atoms with Crippen molar-refractivity contribution >= 4 is 17.9 Å². The van der Waals surface area contributed by atoms with Crippen molar-refractivity contribution in [3.05, 3.63) is 109 Å². The molecule has 0 radical (unpaired) electrons. The summed E-state index contributed by atoms with van der Waals surface area (Å²) in [7, 11) is 0. The Hall–Kier alpha value is -3.93. The maximum atomic E-state index is 12.7. The van der Waals surface area contributed by atoms with Gasteiger partial charge in [-0.3, -0.25) is 14.4 Å². The van der Waals surface area contributed by atoms with Gasteiger partial charge in [-0.2, -0.15) is 0 Å². The van der Waals surface area contributed by atoms with Gasteiger partial charge in [0.2, 0.25) is 0 Å². The normalized spacial score (nSPS) is 12.9. The molecule has 0 amide bonds. The van der Waals surface area contributed by atoms with E-state index in [-0.39, 0.29) is 31.6 Å². The minimum absolute atomic E-state index is 0.107. The van der Waals surface area contributed by atoms with Crippen molar-refractivity contribution in [3.63, 3.8) is 0 Å². The molecule has 67 heavy (non-hydrogen) atoms. The Morgan fingerprint density at radius 1 is 0.313 bits per heavy atom. The van der Waals surface area contributed by atoms with E-state index in [0.29, 0.717) is 19.3 Å². The first kappa shape index (κ1) is 63.1. The third kappa shape index (κ3) is 52.9. The van der Waals surface area contributed by atoms with Gasteiger partial charge in [0.1, 0.15) is 13.2 Å². The molecule has 1 unspecified atom stereocenters. The predicted octanol–water partition coefficient (Wildman–Crippen LogP) is 18.3. The molecule has 0 N–H and O–H groups in total. The van der Waals surface area contributed by atoms with E-state index < -0.39 is 12.1 Å². The average Bonchev–Trinajstić information content (AvgIpc) is 3.33. The highest BCUT2D eigenvalue weighted by molar-refractivity contribution is 5.71. The van der Waals surface area contributed by atoms with Crippen LogP contribution in [-0.4, -0.2) is 37.2 Å². The zero-order valence-corrected chi connectivity index (χ0v) is 43.4. The van der Waals surface area contributed by atoms with Gasteiger partial charge in [0.15, 0.2) is 6.10 Å². The molecule has 0 saturated carbocycles. The highest BCUT2D eigenvalue weighted by Crippen LogP contribution is 2.14. The first-order valence-corrected chi connectivity index (χ1v) is 27.4. The maximum absolute atomic E-state index is 12.7. The third-order valence-electron chi connectivity index (χ3n) is 11.3. The molecule has 1 atom stereocenters. The maximum Gasteiger partial charge on any atom is 0.306 e. The van der Waals surface area contributed by atoms with Crippen LogP contribution in [0.15, 0.2) is 109 Å². The summed E-state index contributed by atoms with van der Waals surface area (Å²) in [6.45, 7) is 6.32. The van der Waals surface area contributed by atoms with Gasteiger partial charge in [-0.05, 0) is 89.9 Å². The Morgan fingerprint density at radius 3 is 0.970 bits per heavy atom. The highest BCUT2D eigenvalue weighted by atomic mass is 16.6. The van der Waals surface area contributed by atoms with Gasteiger partial charge in [0.05, 0.1) is 0 Å². The molecule has 0 aliphatic heterocycles. The monoisotopic (exact) mass is 929 g/mol. The summed E-state index contributed by atoms with van der Waals surface area (Å²) in [5, 5.41) is 0. The van der Waals surface area contributed by atoms with Gasteiger partial charge in [-0.15, -0.1) is 0 Å². The van der Waals surface area contributed by atoms with Crippen molar-refractivity contribution in [3.8, 4) is 0 Å². The van der Waals surface area contributed by atoms with Crippen LogP contribution < -0.4 is 0 Å². The molecule has 380 valence electrons. The molecule has 0 bridgehead atoms. The van der Waals surface area contributed by atoms with Crippen LogP contribution in [0, 0.1) is 0 Å². The van der Waals surface area contributed by atoms with Gasteiger partial charge >= 0.3 is 17.9 Å². The van der Waals surface area contributed by atoms with Gasteiger partial charge < -0.3 is 14.2 Å². The van der Waals surface area contributed by atoms with Gasteiger partial charge in [0, 0.05) is 19.3 Å². The lowest BCUT2D eigenvalue weighted by atomic mass is 10.0. The summed E-state index contributed by atoms with van der Waals surface area (Å²) in [4.78, 5) is 37.9. The Balaban J connectivity index is 4.25. The molecule has 0 spiro atoms. The fourth-order valence-electron chi connectivity index (χ4n) is 7.25. The van der Waals surface area contributed by atoms with Crippen molar-refractivity contribution in [2.24, 2.45) is 0 Å². The molecule has 0 aliphatic rings. The summed E-state index contributed by atoms with van der Waals surface area (Å²) in [5.41, 5.74) is 0. The number of rotatable bonds is 48. The first-order valence-electron chi connectivity index (χ1n) is 27.4. The summed E-state index contributed by atoms with van der Waals surface area (Å²) in [6.07, 6.45) is 73.9. The molecule has 0 aliphatic carbocycles. The standard InChI is InChI=1S/C61H100O6/c1-4-7-10-13-16-19-21-23-24-25-26-27-28-29-30-31-32-33-34-35-36-38-39-42-45-48-51-54-60(63)66-57-58(56-65-59(62)53-50-47-44-41-18-15-12-9-6-3)67-61(64)55-52-49-46-43-40-37-22-20-17-14-11-8-5-2/h7-8,10-11,16-17,19-20,23-24,26-27,29-30,37,40,46,49,58H,4-6,9,12-15,18,21-22,25,28,31-36,38-39,41-45,47-48,50-57H2,1-3H3/b10-7-,11-8-,19-16-,20-17-,24-23-,27-26-,30-29-,40-37-,49-46-. The second kappa shape index (κ2) is 54.7. The number of allylic oxidation sites excluding steroid dienone is 18. The van der Waals surface area contributed by atoms with E-state index in [1.165, 1.54) is 96.3 Å². The number of esters is 3. The van der Waals surface area contributed by atoms with Crippen LogP contribution >= 0.6 is 0 Å². The van der Waals surface area contributed by atoms with Crippen molar-refractivity contribution in [2.45, 2.75) is 245 Å². The summed E-state index contributed by atoms with van der Waals surface area (Å²) >= 11 is 0. The summed E-state index contributed by atoms with van der Waals surface area (Å²) < 4.78 is 16.7. The predicted molar refractivity (Wildman–Crippen MR) is 288 cm³/mol. The second-order valence-corrected chi connectivity index (χ2v) is 17.7. The minimum atomic E-state index is -0.815. The molecule has 0 rings (SSSR count). The molecule has 0 aromatic heterocycles. The van der Waals surface area contributed by atoms with Gasteiger partial charge in [-0.25, -0.2) is 0 Å². The topological polar surface area (TPSA) is 78.9 Å². The van der Waals surface area contributed by atoms with Crippen LogP contribution in [0.5, 0.6) is 0 Å². The highest BCUT2D eigenvalue weighted by Gasteiger charge is 2.19. The molecule has 0 aromatic carbocycles. The van der Waals surface area contributed by atoms with E-state index in [1.54, 1.807) is 0 Å². The molecule has 0 aromatic rings. The van der Waals surface area contributed by atoms with E-state index in [1.807, 2.05) is 12.2 Å². The number of hydrogen-bond donors (Lipinski definition) is 0. The van der Waals surface area contributed by atoms with Crippen LogP contribution in [-0.2, 0) is 28.6 Å². The molecular weight excluding hydrogens is 829 g/mol. The van der Waals surface area contributed by atoms with E-state index in [2.05, 4.69) is 118 Å². The lowest BCUT2D eigenvalue weighted by Crippen LogP contribution is -2.30. The SMILES string of the molecule is CC/C=C\C/C=C\C/C=C\C/C=C\C/C=C\CCCCCCCCCCCCCC(=O)OCC(COC(=O)CCCCCCCCCCC)OC(=O)CC/C=C\C/C=C\C/C=C\C/C=C\CC. The second-order valence-electron chi connectivity index (χ2n) is 17.7. The Labute approximate surface area is 412 Å². The van der Waals surface area contributed by atoms with Crippen molar-refractivity contribution < 1.29 is 28.6 Å². The lowest BCUT2D eigenvalue weighted by Gasteiger charge is -2.18. The van der Waals surface area contributed by atoms with E-state index in [0.717, 1.165) is 96.3 Å². The Bertz CT molecular complexity index is 1390. The fraction of sp³-hybridized carbons (Fsp3) is 0.656. The Morgan fingerprint density at radius 2 is 0.612 bits per heavy atom. The number of unbranched alkanes of at least 4 members (excludes halogenated alkanes) is 19. The van der Waals surface area contributed by atoms with Gasteiger partial charge in [-0.1, -0.05) is 239 Å². The Kier molecular flexibility index (Phi) is 51.5. The van der Waals surface area contributed by atoms with E-state index in [4.69, 9.17) is 14.2 Å². The van der Waals surface area contributed by atoms with Crippen LogP contribution in [0.4, 0.5) is 0 Å². The van der Waals surface area contributed by atoms with Crippen LogP contribution in [0.1, 0.15) is 239 Å². The number of carbonyl (C=O) groups excluding carboxylic acids is 3. The minimum Gasteiger partial charge on any atom is -0.462 e. The smallest absolute Gasteiger partial charge is 0.306 e. The quantitative estimate of drug-likeness (QED) is 0.0262. The van der Waals surface area contributed by atoms with Crippen molar-refractivity contribution in [2.75, 3.05) is 13.2 Å². The van der Waals surface area contributed by atoms with Crippen LogP contribution in [0.2, 0.25) is 0 Å². The largest absolute Gasteiger partial charge is 0.462 e. The molecule has 6 nitrogen and oxygen atoms in total. The average molecular weight is 929 g/mol. The van der Waals surface area contributed by atoms with E-state index in [9.17, 15) is 14.4 Å². The molecule has 0 fully saturated rings. The van der Waals surface area contributed by atoms with Crippen LogP contribution in [0.25, 0.3) is 0 Å². The summed E-state index contributed by atoms with van der Waals surface area (Å²) in [6, 6.07) is 0. The molecule has 0 saturated heterocycles. The zero-order chi connectivity index (χ0) is 48.6. The fourth-order valence-corrected chi connectivity index (χ4v) is 7.25. The number of hydrogen-bond acceptors (Lipinski definition) is 6. The van der Waals surface area contributed by atoms with Crippen molar-refractivity contribution in [1.82, 2.24) is 0 Å². The van der Waals surface area contributed by atoms with Crippen molar-refractivity contribution in [1.29, 1.82) is 0 Å². The first-order chi connectivity index (χ1) is 33.0. The summed E-state index contributed by atoms with van der Waals surface area (Å²) in [5.74, 6) is -0.998. The molecular formula is C61H100O6. The zero-order valence-electron chi connectivity index (χ0n) is 43.4. The lowest BCUT2D eigenvalue weighted by molar-refractivity contribution is -0.166. The number of carbonyl (C=O) groups is 3. The van der Waals surface area contributed by atoms with Crippen LogP contribution in [0.3, 0.4) is 0 Å². The molecule has 0 heterocycles. The van der Waals surface area contributed by atoms with E-state index >= 15 is 0 Å². The van der Waals surface area contributed by atoms with Gasteiger partial charge in [0.25, 0.3) is 0 Å². The molecule has 6 heteroatoms. The third-order valence-corrected chi connectivity index (χ3v) is 11.3. The number of ether oxygens (including phenoxy) is 3.